The predicted octanol–water partition coefficient (Wildman–Crippen LogP) is 3.75. The molecule has 3 heterocycles. The molecule has 120 valence electrons. The summed E-state index contributed by atoms with van der Waals surface area (Å²) in [5, 5.41) is 0. The van der Waals surface area contributed by atoms with Gasteiger partial charge in [0.1, 0.15) is 6.61 Å². The van der Waals surface area contributed by atoms with Crippen molar-refractivity contribution >= 4 is 0 Å². The molecular formula is C19H16FN3O. The van der Waals surface area contributed by atoms with Gasteiger partial charge in [-0.1, -0.05) is 6.07 Å². The van der Waals surface area contributed by atoms with E-state index < -0.39 is 5.95 Å². The van der Waals surface area contributed by atoms with E-state index in [4.69, 9.17) is 4.74 Å². The van der Waals surface area contributed by atoms with E-state index in [1.54, 1.807) is 6.20 Å². The van der Waals surface area contributed by atoms with Gasteiger partial charge in [-0.15, -0.1) is 0 Å². The van der Waals surface area contributed by atoms with Crippen molar-refractivity contribution < 1.29 is 9.13 Å². The van der Waals surface area contributed by atoms with E-state index in [2.05, 4.69) is 15.0 Å². The number of halogens is 1. The van der Waals surface area contributed by atoms with Crippen LogP contribution in [0.2, 0.25) is 0 Å². The highest BCUT2D eigenvalue weighted by Crippen LogP contribution is 2.34. The van der Waals surface area contributed by atoms with Gasteiger partial charge in [0.05, 0.1) is 5.69 Å². The van der Waals surface area contributed by atoms with Gasteiger partial charge in [-0.2, -0.15) is 4.39 Å². The number of fused-ring (bicyclic) bond motifs is 1. The Bertz CT molecular complexity index is 868. The third kappa shape index (κ3) is 2.97. The van der Waals surface area contributed by atoms with E-state index >= 15 is 0 Å². The van der Waals surface area contributed by atoms with Crippen LogP contribution in [-0.2, 0) is 19.4 Å². The Hall–Kier alpha value is -2.82. The van der Waals surface area contributed by atoms with Crippen molar-refractivity contribution in [1.29, 1.82) is 0 Å². The molecule has 0 unspecified atom stereocenters. The van der Waals surface area contributed by atoms with Crippen LogP contribution < -0.4 is 4.74 Å². The summed E-state index contributed by atoms with van der Waals surface area (Å²) in [6.45, 7) is 0.358. The highest BCUT2D eigenvalue weighted by atomic mass is 19.1. The summed E-state index contributed by atoms with van der Waals surface area (Å²) in [7, 11) is 0. The summed E-state index contributed by atoms with van der Waals surface area (Å²) in [5.41, 5.74) is 4.86. The summed E-state index contributed by atoms with van der Waals surface area (Å²) in [6, 6.07) is 10.9. The Kier molecular flexibility index (Phi) is 3.91. The highest BCUT2D eigenvalue weighted by molar-refractivity contribution is 5.69. The first-order valence-electron chi connectivity index (χ1n) is 7.97. The molecule has 0 bridgehead atoms. The minimum Gasteiger partial charge on any atom is -0.471 e. The van der Waals surface area contributed by atoms with Crippen molar-refractivity contribution in [3.05, 3.63) is 71.7 Å². The summed E-state index contributed by atoms with van der Waals surface area (Å²) < 4.78 is 19.3. The molecule has 0 aliphatic heterocycles. The molecule has 0 atom stereocenters. The molecule has 0 saturated heterocycles. The number of aromatic nitrogens is 3. The van der Waals surface area contributed by atoms with Crippen LogP contribution in [0.5, 0.6) is 5.88 Å². The molecule has 0 aromatic carbocycles. The van der Waals surface area contributed by atoms with Gasteiger partial charge in [0.15, 0.2) is 0 Å². The number of aryl methyl sites for hydroxylation is 1. The Morgan fingerprint density at radius 3 is 2.83 bits per heavy atom. The zero-order valence-electron chi connectivity index (χ0n) is 13.1. The third-order valence-electron chi connectivity index (χ3n) is 4.16. The fourth-order valence-electron chi connectivity index (χ4n) is 3.05. The first kappa shape index (κ1) is 14.8. The quantitative estimate of drug-likeness (QED) is 0.687. The monoisotopic (exact) mass is 321 g/mol. The van der Waals surface area contributed by atoms with Gasteiger partial charge in [-0.3, -0.25) is 4.98 Å². The molecule has 0 fully saturated rings. The first-order chi connectivity index (χ1) is 11.8. The second-order valence-electron chi connectivity index (χ2n) is 5.76. The fourth-order valence-corrected chi connectivity index (χ4v) is 3.05. The van der Waals surface area contributed by atoms with Crippen LogP contribution in [0.3, 0.4) is 0 Å². The van der Waals surface area contributed by atoms with Crippen LogP contribution in [0.25, 0.3) is 11.1 Å². The van der Waals surface area contributed by atoms with Crippen LogP contribution in [0.4, 0.5) is 4.39 Å². The van der Waals surface area contributed by atoms with Gasteiger partial charge in [0.2, 0.25) is 11.8 Å². The fraction of sp³-hybridized carbons (Fsp3) is 0.211. The number of hydrogen-bond acceptors (Lipinski definition) is 4. The first-order valence-corrected chi connectivity index (χ1v) is 7.97. The van der Waals surface area contributed by atoms with Crippen molar-refractivity contribution in [2.75, 3.05) is 0 Å². The largest absolute Gasteiger partial charge is 0.471 e. The maximum Gasteiger partial charge on any atom is 0.214 e. The van der Waals surface area contributed by atoms with Gasteiger partial charge in [0, 0.05) is 30.2 Å². The van der Waals surface area contributed by atoms with E-state index in [1.807, 2.05) is 30.3 Å². The minimum absolute atomic E-state index is 0.358. The molecule has 3 aromatic heterocycles. The normalized spacial score (nSPS) is 12.9. The van der Waals surface area contributed by atoms with Crippen molar-refractivity contribution in [1.82, 2.24) is 15.0 Å². The summed E-state index contributed by atoms with van der Waals surface area (Å²) >= 11 is 0. The lowest BCUT2D eigenvalue weighted by molar-refractivity contribution is 0.288. The smallest absolute Gasteiger partial charge is 0.214 e. The van der Waals surface area contributed by atoms with Crippen LogP contribution in [-0.4, -0.2) is 15.0 Å². The van der Waals surface area contributed by atoms with E-state index in [0.717, 1.165) is 41.8 Å². The number of ether oxygens (including phenoxy) is 1. The van der Waals surface area contributed by atoms with Gasteiger partial charge < -0.3 is 4.74 Å². The second-order valence-corrected chi connectivity index (χ2v) is 5.76. The van der Waals surface area contributed by atoms with Gasteiger partial charge in [-0.05, 0) is 54.2 Å². The van der Waals surface area contributed by atoms with Crippen LogP contribution in [0, 0.1) is 5.95 Å². The molecule has 0 N–H and O–H groups in total. The average Bonchev–Trinajstić information content (AvgIpc) is 3.08. The molecule has 0 amide bonds. The topological polar surface area (TPSA) is 47.9 Å². The molecule has 5 heteroatoms. The molecular weight excluding hydrogens is 305 g/mol. The van der Waals surface area contributed by atoms with E-state index in [0.29, 0.717) is 12.5 Å². The molecule has 1 aliphatic rings. The zero-order chi connectivity index (χ0) is 16.4. The number of nitrogens with zero attached hydrogens (tertiary/aromatic N) is 3. The second kappa shape index (κ2) is 6.35. The molecule has 3 aromatic rings. The summed E-state index contributed by atoms with van der Waals surface area (Å²) in [5.74, 6) is 0.0699. The maximum absolute atomic E-state index is 13.5. The SMILES string of the molecule is Fc1cc(-c2cc(OCc3ccccn3)nc3c2CCC3)ccn1. The van der Waals surface area contributed by atoms with Gasteiger partial charge in [-0.25, -0.2) is 9.97 Å². The highest BCUT2D eigenvalue weighted by Gasteiger charge is 2.20. The number of rotatable bonds is 4. The van der Waals surface area contributed by atoms with Crippen molar-refractivity contribution in [3.8, 4) is 17.0 Å². The molecule has 0 spiro atoms. The summed E-state index contributed by atoms with van der Waals surface area (Å²) in [4.78, 5) is 12.5. The Morgan fingerprint density at radius 2 is 2.00 bits per heavy atom. The number of hydrogen-bond donors (Lipinski definition) is 0. The summed E-state index contributed by atoms with van der Waals surface area (Å²) in [6.07, 6.45) is 6.17. The van der Waals surface area contributed by atoms with Crippen molar-refractivity contribution in [2.45, 2.75) is 25.9 Å². The Morgan fingerprint density at radius 1 is 1.04 bits per heavy atom. The molecule has 4 nitrogen and oxygen atoms in total. The van der Waals surface area contributed by atoms with Gasteiger partial charge in [0.25, 0.3) is 0 Å². The molecule has 4 rings (SSSR count). The lowest BCUT2D eigenvalue weighted by Gasteiger charge is -2.12. The third-order valence-corrected chi connectivity index (χ3v) is 4.16. The molecule has 1 aliphatic carbocycles. The predicted molar refractivity (Wildman–Crippen MR) is 88.0 cm³/mol. The molecule has 24 heavy (non-hydrogen) atoms. The van der Waals surface area contributed by atoms with E-state index in [9.17, 15) is 4.39 Å². The molecule has 0 radical (unpaired) electrons. The van der Waals surface area contributed by atoms with E-state index in [-0.39, 0.29) is 0 Å². The maximum atomic E-state index is 13.5. The van der Waals surface area contributed by atoms with Gasteiger partial charge >= 0.3 is 0 Å². The zero-order valence-corrected chi connectivity index (χ0v) is 13.1. The van der Waals surface area contributed by atoms with Crippen LogP contribution in [0.15, 0.2) is 48.8 Å². The van der Waals surface area contributed by atoms with Crippen molar-refractivity contribution in [3.63, 3.8) is 0 Å². The minimum atomic E-state index is -0.480. The lowest BCUT2D eigenvalue weighted by Crippen LogP contribution is -2.02. The number of pyridine rings is 3. The Labute approximate surface area is 139 Å². The molecule has 0 saturated carbocycles. The standard InChI is InChI=1S/C19H16FN3O/c20-18-10-13(7-9-22-18)16-11-19(23-17-6-3-5-15(16)17)24-12-14-4-1-2-8-21-14/h1-2,4,7-11H,3,5-6,12H2. The van der Waals surface area contributed by atoms with E-state index in [1.165, 1.54) is 17.8 Å². The Balaban J connectivity index is 1.68. The van der Waals surface area contributed by atoms with Crippen LogP contribution in [0.1, 0.15) is 23.4 Å². The van der Waals surface area contributed by atoms with Crippen molar-refractivity contribution in [2.24, 2.45) is 0 Å². The average molecular weight is 321 g/mol. The lowest BCUT2D eigenvalue weighted by atomic mass is 10.0. The van der Waals surface area contributed by atoms with Crippen LogP contribution >= 0.6 is 0 Å².